The van der Waals surface area contributed by atoms with Crippen molar-refractivity contribution < 1.29 is 9.90 Å². The summed E-state index contributed by atoms with van der Waals surface area (Å²) in [6, 6.07) is 7.73. The van der Waals surface area contributed by atoms with Crippen LogP contribution in [0.15, 0.2) is 24.3 Å². The molecule has 0 bridgehead atoms. The third-order valence-corrected chi connectivity index (χ3v) is 3.58. The Morgan fingerprint density at radius 1 is 1.53 bits per heavy atom. The fourth-order valence-electron chi connectivity index (χ4n) is 2.58. The summed E-state index contributed by atoms with van der Waals surface area (Å²) >= 11 is 0. The third-order valence-electron chi connectivity index (χ3n) is 3.58. The van der Waals surface area contributed by atoms with Gasteiger partial charge >= 0.3 is 0 Å². The topological polar surface area (TPSA) is 75.4 Å². The van der Waals surface area contributed by atoms with Crippen molar-refractivity contribution in [1.82, 2.24) is 5.32 Å². The van der Waals surface area contributed by atoms with Crippen molar-refractivity contribution >= 4 is 5.91 Å². The van der Waals surface area contributed by atoms with Crippen molar-refractivity contribution in [3.05, 3.63) is 35.4 Å². The van der Waals surface area contributed by atoms with Gasteiger partial charge in [-0.3, -0.25) is 4.79 Å². The molecule has 0 radical (unpaired) electrons. The van der Waals surface area contributed by atoms with Crippen LogP contribution in [-0.2, 0) is 11.2 Å². The summed E-state index contributed by atoms with van der Waals surface area (Å²) in [5, 5.41) is 13.0. The summed E-state index contributed by atoms with van der Waals surface area (Å²) in [5.74, 6) is -0.0126. The summed E-state index contributed by atoms with van der Waals surface area (Å²) in [7, 11) is 0. The van der Waals surface area contributed by atoms with Gasteiger partial charge in [-0.25, -0.2) is 0 Å². The van der Waals surface area contributed by atoms with Gasteiger partial charge in [0.1, 0.15) is 0 Å². The van der Waals surface area contributed by atoms with Crippen LogP contribution in [0.1, 0.15) is 43.4 Å². The number of rotatable bonds is 5. The largest absolute Gasteiger partial charge is 0.390 e. The first-order chi connectivity index (χ1) is 9.08. The number of amides is 1. The van der Waals surface area contributed by atoms with Crippen LogP contribution in [0.2, 0.25) is 0 Å². The Hall–Kier alpha value is -1.39. The van der Waals surface area contributed by atoms with Crippen molar-refractivity contribution in [1.29, 1.82) is 0 Å². The average Bonchev–Trinajstić information content (AvgIpc) is 2.66. The number of nitrogens with one attached hydrogen (secondary N) is 1. The van der Waals surface area contributed by atoms with Gasteiger partial charge in [-0.2, -0.15) is 0 Å². The second-order valence-electron chi connectivity index (χ2n) is 5.38. The molecule has 1 amide bonds. The summed E-state index contributed by atoms with van der Waals surface area (Å²) in [6.07, 6.45) is 2.19. The van der Waals surface area contributed by atoms with E-state index < -0.39 is 6.10 Å². The van der Waals surface area contributed by atoms with Crippen LogP contribution in [0.25, 0.3) is 0 Å². The zero-order valence-corrected chi connectivity index (χ0v) is 11.3. The predicted octanol–water partition coefficient (Wildman–Crippen LogP) is 1.28. The van der Waals surface area contributed by atoms with E-state index in [1.54, 1.807) is 0 Å². The molecule has 1 aliphatic carbocycles. The third kappa shape index (κ3) is 3.55. The molecule has 1 aromatic rings. The quantitative estimate of drug-likeness (QED) is 0.748. The van der Waals surface area contributed by atoms with E-state index in [0.29, 0.717) is 12.8 Å². The van der Waals surface area contributed by atoms with Gasteiger partial charge in [-0.1, -0.05) is 24.3 Å². The van der Waals surface area contributed by atoms with Crippen LogP contribution in [0.5, 0.6) is 0 Å². The highest BCUT2D eigenvalue weighted by Crippen LogP contribution is 2.31. The highest BCUT2D eigenvalue weighted by atomic mass is 16.3. The van der Waals surface area contributed by atoms with Crippen molar-refractivity contribution in [3.8, 4) is 0 Å². The molecule has 1 aliphatic rings. The second kappa shape index (κ2) is 6.17. The molecule has 0 saturated carbocycles. The van der Waals surface area contributed by atoms with Crippen LogP contribution < -0.4 is 11.1 Å². The monoisotopic (exact) mass is 262 g/mol. The maximum absolute atomic E-state index is 11.9. The minimum atomic E-state index is -0.519. The highest BCUT2D eigenvalue weighted by Gasteiger charge is 2.31. The van der Waals surface area contributed by atoms with Crippen molar-refractivity contribution in [2.24, 2.45) is 5.73 Å². The zero-order chi connectivity index (χ0) is 13.8. The molecule has 4 N–H and O–H groups in total. The first kappa shape index (κ1) is 14.0. The number of aliphatic hydroxyl groups excluding tert-OH is 1. The first-order valence-electron chi connectivity index (χ1n) is 6.88. The number of carbonyl (C=O) groups excluding carboxylic acids is 1. The van der Waals surface area contributed by atoms with Crippen LogP contribution in [0.3, 0.4) is 0 Å². The van der Waals surface area contributed by atoms with E-state index in [-0.39, 0.29) is 18.0 Å². The maximum atomic E-state index is 11.9. The maximum Gasteiger partial charge on any atom is 0.220 e. The molecule has 1 unspecified atom stereocenters. The van der Waals surface area contributed by atoms with Gasteiger partial charge in [0, 0.05) is 18.9 Å². The fourth-order valence-corrected chi connectivity index (χ4v) is 2.58. The predicted molar refractivity (Wildman–Crippen MR) is 74.5 cm³/mol. The van der Waals surface area contributed by atoms with E-state index in [4.69, 9.17) is 5.73 Å². The van der Waals surface area contributed by atoms with Crippen molar-refractivity contribution in [2.75, 3.05) is 0 Å². The van der Waals surface area contributed by atoms with E-state index in [1.807, 2.05) is 31.2 Å². The lowest BCUT2D eigenvalue weighted by Crippen LogP contribution is -2.33. The molecule has 0 fully saturated rings. The summed E-state index contributed by atoms with van der Waals surface area (Å²) in [6.45, 7) is 1.94. The fraction of sp³-hybridized carbons (Fsp3) is 0.533. The van der Waals surface area contributed by atoms with E-state index in [0.717, 1.165) is 24.0 Å². The molecule has 4 heteroatoms. The molecule has 0 aromatic heterocycles. The molecular formula is C15H22N2O2. The molecule has 0 aliphatic heterocycles. The second-order valence-corrected chi connectivity index (χ2v) is 5.38. The lowest BCUT2D eigenvalue weighted by atomic mass is 10.1. The van der Waals surface area contributed by atoms with Gasteiger partial charge in [0.05, 0.1) is 12.1 Å². The van der Waals surface area contributed by atoms with E-state index >= 15 is 0 Å². The molecule has 2 rings (SSSR count). The number of hydrogen-bond donors (Lipinski definition) is 3. The smallest absolute Gasteiger partial charge is 0.220 e. The van der Waals surface area contributed by atoms with E-state index in [1.165, 1.54) is 0 Å². The number of hydrogen-bond acceptors (Lipinski definition) is 3. The number of carbonyl (C=O) groups is 1. The van der Waals surface area contributed by atoms with Gasteiger partial charge in [0.25, 0.3) is 0 Å². The van der Waals surface area contributed by atoms with Gasteiger partial charge in [-0.15, -0.1) is 0 Å². The summed E-state index contributed by atoms with van der Waals surface area (Å²) in [5.41, 5.74) is 7.81. The standard InChI is InChI=1S/C15H22N2O2/c1-10(16)5-4-8-14(19)17-15-12-7-3-2-6-11(12)9-13(15)18/h2-3,6-7,10,13,15,18H,4-5,8-9,16H2,1H3,(H,17,19)/t10?,13-,15+/m1/s1. The first-order valence-corrected chi connectivity index (χ1v) is 6.88. The number of fused-ring (bicyclic) bond motifs is 1. The minimum absolute atomic E-state index is 0.0126. The van der Waals surface area contributed by atoms with Crippen LogP contribution in [-0.4, -0.2) is 23.2 Å². The average molecular weight is 262 g/mol. The summed E-state index contributed by atoms with van der Waals surface area (Å²) in [4.78, 5) is 11.9. The molecule has 0 spiro atoms. The molecular weight excluding hydrogens is 240 g/mol. The summed E-state index contributed by atoms with van der Waals surface area (Å²) < 4.78 is 0. The van der Waals surface area contributed by atoms with E-state index in [2.05, 4.69) is 5.32 Å². The normalized spacial score (nSPS) is 22.9. The Bertz CT molecular complexity index is 446. The van der Waals surface area contributed by atoms with Crippen LogP contribution in [0, 0.1) is 0 Å². The molecule has 0 heterocycles. The number of benzene rings is 1. The highest BCUT2D eigenvalue weighted by molar-refractivity contribution is 5.76. The van der Waals surface area contributed by atoms with Gasteiger partial charge in [0.2, 0.25) is 5.91 Å². The zero-order valence-electron chi connectivity index (χ0n) is 11.3. The Morgan fingerprint density at radius 2 is 2.26 bits per heavy atom. The minimum Gasteiger partial charge on any atom is -0.390 e. The lowest BCUT2D eigenvalue weighted by molar-refractivity contribution is -0.122. The SMILES string of the molecule is CC(N)CCCC(=O)N[C@H]1c2ccccc2C[C@H]1O. The van der Waals surface area contributed by atoms with Crippen LogP contribution in [0.4, 0.5) is 0 Å². The van der Waals surface area contributed by atoms with Crippen LogP contribution >= 0.6 is 0 Å². The Kier molecular flexibility index (Phi) is 4.56. The Labute approximate surface area is 114 Å². The van der Waals surface area contributed by atoms with Gasteiger partial charge in [0.15, 0.2) is 0 Å². The van der Waals surface area contributed by atoms with Crippen molar-refractivity contribution in [3.63, 3.8) is 0 Å². The number of nitrogens with two attached hydrogens (primary N) is 1. The molecule has 19 heavy (non-hydrogen) atoms. The molecule has 1 aromatic carbocycles. The molecule has 4 nitrogen and oxygen atoms in total. The Balaban J connectivity index is 1.90. The lowest BCUT2D eigenvalue weighted by Gasteiger charge is -2.18. The molecule has 104 valence electrons. The Morgan fingerprint density at radius 3 is 3.00 bits per heavy atom. The van der Waals surface area contributed by atoms with E-state index in [9.17, 15) is 9.90 Å². The van der Waals surface area contributed by atoms with Gasteiger partial charge < -0.3 is 16.2 Å². The number of aliphatic hydroxyl groups is 1. The molecule has 0 saturated heterocycles. The molecule has 3 atom stereocenters. The van der Waals surface area contributed by atoms with Crippen molar-refractivity contribution in [2.45, 2.75) is 50.8 Å². The van der Waals surface area contributed by atoms with Gasteiger partial charge in [-0.05, 0) is 30.9 Å².